The molecule has 0 bridgehead atoms. The first-order chi connectivity index (χ1) is 12.0. The van der Waals surface area contributed by atoms with Gasteiger partial charge < -0.3 is 9.84 Å². The Morgan fingerprint density at radius 1 is 1.20 bits per heavy atom. The molecule has 1 unspecified atom stereocenters. The van der Waals surface area contributed by atoms with Gasteiger partial charge in [0.1, 0.15) is 0 Å². The van der Waals surface area contributed by atoms with E-state index in [-0.39, 0.29) is 12.1 Å². The molecule has 0 radical (unpaired) electrons. The highest BCUT2D eigenvalue weighted by Gasteiger charge is 2.48. The van der Waals surface area contributed by atoms with Crippen LogP contribution in [0.5, 0.6) is 0 Å². The summed E-state index contributed by atoms with van der Waals surface area (Å²) in [5.41, 5.74) is -0.985. The number of carbonyl (C=O) groups is 2. The molecule has 0 fully saturated rings. The first-order valence-corrected chi connectivity index (χ1v) is 8.29. The Morgan fingerprint density at radius 3 is 2.56 bits per heavy atom. The zero-order valence-electron chi connectivity index (χ0n) is 13.3. The monoisotopic (exact) mass is 402 g/mol. The van der Waals surface area contributed by atoms with Crippen molar-refractivity contribution in [1.82, 2.24) is 5.01 Å². The van der Waals surface area contributed by atoms with Crippen LogP contribution in [-0.2, 0) is 15.3 Å². The summed E-state index contributed by atoms with van der Waals surface area (Å²) in [5, 5.41) is 16.2. The molecule has 6 nitrogen and oxygen atoms in total. The molecule has 128 valence electrons. The van der Waals surface area contributed by atoms with Gasteiger partial charge in [-0.3, -0.25) is 4.79 Å². The van der Waals surface area contributed by atoms with Crippen LogP contribution in [0.4, 0.5) is 0 Å². The number of nitrogens with zero attached hydrogens (tertiary/aromatic N) is 2. The molecular formula is C18H15BrN2O4. The van der Waals surface area contributed by atoms with Gasteiger partial charge in [-0.2, -0.15) is 10.1 Å². The van der Waals surface area contributed by atoms with Gasteiger partial charge >= 0.3 is 5.97 Å². The molecule has 1 aliphatic rings. The summed E-state index contributed by atoms with van der Waals surface area (Å²) < 4.78 is 5.41. The summed E-state index contributed by atoms with van der Waals surface area (Å²) in [6, 6.07) is 15.4. The van der Waals surface area contributed by atoms with Crippen molar-refractivity contribution < 1.29 is 19.4 Å². The van der Waals surface area contributed by atoms with Crippen LogP contribution >= 0.6 is 15.9 Å². The normalized spacial score (nSPS) is 19.5. The van der Waals surface area contributed by atoms with E-state index >= 15 is 0 Å². The van der Waals surface area contributed by atoms with Crippen LogP contribution < -0.4 is 0 Å². The van der Waals surface area contributed by atoms with Crippen molar-refractivity contribution >= 4 is 33.5 Å². The predicted octanol–water partition coefficient (Wildman–Crippen LogP) is 2.67. The zero-order chi connectivity index (χ0) is 18.0. The molecule has 1 heterocycles. The van der Waals surface area contributed by atoms with Crippen molar-refractivity contribution in [3.05, 3.63) is 70.2 Å². The molecule has 2 aromatic rings. The van der Waals surface area contributed by atoms with Crippen LogP contribution in [0.1, 0.15) is 22.3 Å². The second-order valence-electron chi connectivity index (χ2n) is 5.52. The van der Waals surface area contributed by atoms with Gasteiger partial charge in [0.25, 0.3) is 5.91 Å². The molecule has 1 atom stereocenters. The zero-order valence-corrected chi connectivity index (χ0v) is 14.9. The van der Waals surface area contributed by atoms with E-state index in [0.717, 1.165) is 9.48 Å². The number of amides is 1. The van der Waals surface area contributed by atoms with Crippen molar-refractivity contribution in [3.63, 3.8) is 0 Å². The molecule has 0 saturated heterocycles. The quantitative estimate of drug-likeness (QED) is 0.800. The lowest BCUT2D eigenvalue weighted by Crippen LogP contribution is -2.43. The number of hydrogen-bond donors (Lipinski definition) is 1. The van der Waals surface area contributed by atoms with E-state index in [2.05, 4.69) is 25.8 Å². The Balaban J connectivity index is 2.06. The highest BCUT2D eigenvalue weighted by molar-refractivity contribution is 9.10. The second-order valence-corrected chi connectivity index (χ2v) is 6.44. The molecule has 1 amide bonds. The maximum absolute atomic E-state index is 12.9. The second kappa shape index (κ2) is 6.78. The van der Waals surface area contributed by atoms with Crippen LogP contribution in [0.25, 0.3) is 0 Å². The first-order valence-electron chi connectivity index (χ1n) is 7.49. The minimum Gasteiger partial charge on any atom is -0.464 e. The fraction of sp³-hybridized carbons (Fsp3) is 0.167. The highest BCUT2D eigenvalue weighted by atomic mass is 79.9. The van der Waals surface area contributed by atoms with Gasteiger partial charge in [-0.1, -0.05) is 52.3 Å². The SMILES string of the molecule is COC(=O)C1=NN(C(=O)c2cccc(Br)c2)C(O)(c2ccccc2)C1. The Kier molecular flexibility index (Phi) is 4.69. The van der Waals surface area contributed by atoms with Crippen molar-refractivity contribution in [1.29, 1.82) is 0 Å². The summed E-state index contributed by atoms with van der Waals surface area (Å²) in [6.45, 7) is 0. The summed E-state index contributed by atoms with van der Waals surface area (Å²) in [5.74, 6) is -1.20. The van der Waals surface area contributed by atoms with E-state index in [9.17, 15) is 14.7 Å². The largest absolute Gasteiger partial charge is 0.464 e. The third-order valence-corrected chi connectivity index (χ3v) is 4.40. The Bertz CT molecular complexity index is 853. The molecule has 1 aliphatic heterocycles. The maximum atomic E-state index is 12.9. The molecule has 7 heteroatoms. The van der Waals surface area contributed by atoms with Gasteiger partial charge in [0.2, 0.25) is 0 Å². The topological polar surface area (TPSA) is 79.2 Å². The number of methoxy groups -OCH3 is 1. The summed E-state index contributed by atoms with van der Waals surface area (Å²) in [4.78, 5) is 24.8. The minimum absolute atomic E-state index is 0.0165. The lowest BCUT2D eigenvalue weighted by Gasteiger charge is -2.31. The third-order valence-electron chi connectivity index (χ3n) is 3.91. The van der Waals surface area contributed by atoms with Gasteiger partial charge in [-0.05, 0) is 18.2 Å². The molecule has 2 aromatic carbocycles. The fourth-order valence-electron chi connectivity index (χ4n) is 2.66. The van der Waals surface area contributed by atoms with Crippen LogP contribution in [0.3, 0.4) is 0 Å². The molecule has 3 rings (SSSR count). The van der Waals surface area contributed by atoms with Crippen molar-refractivity contribution in [2.75, 3.05) is 7.11 Å². The van der Waals surface area contributed by atoms with Crippen LogP contribution in [0, 0.1) is 0 Å². The fourth-order valence-corrected chi connectivity index (χ4v) is 3.06. The molecule has 0 aliphatic carbocycles. The summed E-state index contributed by atoms with van der Waals surface area (Å²) in [6.07, 6.45) is -0.149. The van der Waals surface area contributed by atoms with E-state index in [1.807, 2.05) is 0 Å². The van der Waals surface area contributed by atoms with E-state index < -0.39 is 17.6 Å². The van der Waals surface area contributed by atoms with E-state index in [1.165, 1.54) is 7.11 Å². The van der Waals surface area contributed by atoms with Crippen molar-refractivity contribution in [2.24, 2.45) is 5.10 Å². The predicted molar refractivity (Wildman–Crippen MR) is 94.7 cm³/mol. The molecule has 25 heavy (non-hydrogen) atoms. The van der Waals surface area contributed by atoms with Crippen LogP contribution in [-0.4, -0.2) is 34.8 Å². The van der Waals surface area contributed by atoms with Gasteiger partial charge in [-0.15, -0.1) is 0 Å². The Hall–Kier alpha value is -2.51. The number of halogens is 1. The standard InChI is InChI=1S/C18H15BrN2O4/c1-25-17(23)15-11-18(24,13-7-3-2-4-8-13)21(20-15)16(22)12-6-5-9-14(19)10-12/h2-10,24H,11H2,1H3. The average molecular weight is 403 g/mol. The molecule has 0 saturated carbocycles. The Morgan fingerprint density at radius 2 is 1.92 bits per heavy atom. The number of rotatable bonds is 3. The molecular weight excluding hydrogens is 388 g/mol. The number of ether oxygens (including phenoxy) is 1. The van der Waals surface area contributed by atoms with Crippen molar-refractivity contribution in [2.45, 2.75) is 12.1 Å². The molecule has 1 N–H and O–H groups in total. The maximum Gasteiger partial charge on any atom is 0.354 e. The smallest absolute Gasteiger partial charge is 0.354 e. The number of aliphatic hydroxyl groups is 1. The summed E-state index contributed by atoms with van der Waals surface area (Å²) >= 11 is 3.32. The number of carbonyl (C=O) groups excluding carboxylic acids is 2. The lowest BCUT2D eigenvalue weighted by atomic mass is 9.97. The molecule has 0 aromatic heterocycles. The van der Waals surface area contributed by atoms with Gasteiger partial charge in [0.15, 0.2) is 11.4 Å². The van der Waals surface area contributed by atoms with Crippen molar-refractivity contribution in [3.8, 4) is 0 Å². The van der Waals surface area contributed by atoms with E-state index in [1.54, 1.807) is 54.6 Å². The first kappa shape index (κ1) is 17.3. The number of esters is 1. The number of hydrogen-bond acceptors (Lipinski definition) is 5. The van der Waals surface area contributed by atoms with Gasteiger partial charge in [-0.25, -0.2) is 4.79 Å². The minimum atomic E-state index is -1.76. The molecule has 0 spiro atoms. The Labute approximate surface area is 152 Å². The van der Waals surface area contributed by atoms with E-state index in [0.29, 0.717) is 11.1 Å². The summed E-state index contributed by atoms with van der Waals surface area (Å²) in [7, 11) is 1.23. The number of benzene rings is 2. The van der Waals surface area contributed by atoms with Gasteiger partial charge in [0, 0.05) is 15.6 Å². The van der Waals surface area contributed by atoms with Crippen LogP contribution in [0.2, 0.25) is 0 Å². The third kappa shape index (κ3) is 3.20. The average Bonchev–Trinajstić information content (AvgIpc) is 3.00. The van der Waals surface area contributed by atoms with E-state index in [4.69, 9.17) is 0 Å². The van der Waals surface area contributed by atoms with Gasteiger partial charge in [0.05, 0.1) is 13.5 Å². The lowest BCUT2D eigenvalue weighted by molar-refractivity contribution is -0.133. The highest BCUT2D eigenvalue weighted by Crippen LogP contribution is 2.36. The number of hydrazone groups is 1. The van der Waals surface area contributed by atoms with Crippen LogP contribution in [0.15, 0.2) is 64.2 Å².